The standard InChI is InChI=1S/C19H30N4O2/c1-18(2)12-14(13-19(3,4)22-18)21-23(15-8-6-5-7-9-15)17(25)11-10-16(20)24/h5-9,14,21-22H,10-13H2,1-4H3,(H2,20,24). The minimum absolute atomic E-state index is 0.0297. The molecule has 4 N–H and O–H groups in total. The Bertz CT molecular complexity index is 597. The van der Waals surface area contributed by atoms with E-state index < -0.39 is 5.91 Å². The summed E-state index contributed by atoms with van der Waals surface area (Å²) in [5.74, 6) is -0.621. The van der Waals surface area contributed by atoms with Crippen molar-refractivity contribution >= 4 is 17.5 Å². The zero-order chi connectivity index (χ0) is 18.7. The normalized spacial score (nSPS) is 19.4. The van der Waals surface area contributed by atoms with Crippen LogP contribution in [0.2, 0.25) is 0 Å². The van der Waals surface area contributed by atoms with E-state index in [1.54, 1.807) is 5.01 Å². The number of para-hydroxylation sites is 1. The Hall–Kier alpha value is -1.92. The average Bonchev–Trinajstić information content (AvgIpc) is 2.48. The molecule has 0 radical (unpaired) electrons. The van der Waals surface area contributed by atoms with Gasteiger partial charge in [-0.2, -0.15) is 0 Å². The summed E-state index contributed by atoms with van der Waals surface area (Å²) in [6, 6.07) is 9.60. The van der Waals surface area contributed by atoms with Gasteiger partial charge in [-0.25, -0.2) is 10.4 Å². The van der Waals surface area contributed by atoms with Crippen molar-refractivity contribution in [1.29, 1.82) is 0 Å². The van der Waals surface area contributed by atoms with E-state index >= 15 is 0 Å². The molecular weight excluding hydrogens is 316 g/mol. The van der Waals surface area contributed by atoms with E-state index in [0.717, 1.165) is 18.5 Å². The third-order valence-electron chi connectivity index (χ3n) is 4.35. The quantitative estimate of drug-likeness (QED) is 0.688. The first-order valence-electron chi connectivity index (χ1n) is 8.80. The van der Waals surface area contributed by atoms with Crippen LogP contribution in [0.25, 0.3) is 0 Å². The van der Waals surface area contributed by atoms with E-state index in [-0.39, 0.29) is 35.9 Å². The number of nitrogens with zero attached hydrogens (tertiary/aromatic N) is 1. The minimum atomic E-state index is -0.467. The van der Waals surface area contributed by atoms with Crippen molar-refractivity contribution in [2.24, 2.45) is 5.73 Å². The molecule has 0 spiro atoms. The number of carbonyl (C=O) groups is 2. The van der Waals surface area contributed by atoms with Crippen LogP contribution >= 0.6 is 0 Å². The molecule has 6 heteroatoms. The molecule has 138 valence electrons. The number of carbonyl (C=O) groups excluding carboxylic acids is 2. The second-order valence-corrected chi connectivity index (χ2v) is 8.16. The monoisotopic (exact) mass is 346 g/mol. The molecule has 25 heavy (non-hydrogen) atoms. The lowest BCUT2D eigenvalue weighted by molar-refractivity contribution is -0.124. The number of nitrogens with two attached hydrogens (primary N) is 1. The number of anilines is 1. The van der Waals surface area contributed by atoms with Gasteiger partial charge in [-0.3, -0.25) is 9.59 Å². The van der Waals surface area contributed by atoms with E-state index in [1.165, 1.54) is 0 Å². The van der Waals surface area contributed by atoms with Crippen molar-refractivity contribution < 1.29 is 9.59 Å². The lowest BCUT2D eigenvalue weighted by Crippen LogP contribution is -2.64. The van der Waals surface area contributed by atoms with E-state index in [1.807, 2.05) is 30.3 Å². The maximum atomic E-state index is 12.7. The van der Waals surface area contributed by atoms with Crippen LogP contribution in [0, 0.1) is 0 Å². The van der Waals surface area contributed by atoms with Crippen molar-refractivity contribution in [3.8, 4) is 0 Å². The van der Waals surface area contributed by atoms with Gasteiger partial charge in [0.15, 0.2) is 0 Å². The van der Waals surface area contributed by atoms with Gasteiger partial charge in [-0.1, -0.05) is 18.2 Å². The van der Waals surface area contributed by atoms with Gasteiger partial charge in [0.1, 0.15) is 0 Å². The number of hydrazine groups is 1. The summed E-state index contributed by atoms with van der Waals surface area (Å²) in [4.78, 5) is 23.7. The van der Waals surface area contributed by atoms with Crippen LogP contribution in [0.15, 0.2) is 30.3 Å². The zero-order valence-electron chi connectivity index (χ0n) is 15.6. The summed E-state index contributed by atoms with van der Waals surface area (Å²) in [6.45, 7) is 8.68. The molecular formula is C19H30N4O2. The zero-order valence-corrected chi connectivity index (χ0v) is 15.6. The number of piperidine rings is 1. The first kappa shape index (κ1) is 19.4. The molecule has 0 unspecified atom stereocenters. The van der Waals surface area contributed by atoms with Crippen LogP contribution in [0.4, 0.5) is 5.69 Å². The van der Waals surface area contributed by atoms with Crippen molar-refractivity contribution in [3.63, 3.8) is 0 Å². The second kappa shape index (κ2) is 7.54. The Morgan fingerprint density at radius 2 is 1.68 bits per heavy atom. The number of amides is 2. The Morgan fingerprint density at radius 3 is 2.20 bits per heavy atom. The highest BCUT2D eigenvalue weighted by Crippen LogP contribution is 2.29. The van der Waals surface area contributed by atoms with Gasteiger partial charge in [0, 0.05) is 30.0 Å². The highest BCUT2D eigenvalue weighted by Gasteiger charge is 2.38. The van der Waals surface area contributed by atoms with Gasteiger partial charge in [0.2, 0.25) is 11.8 Å². The van der Waals surface area contributed by atoms with Crippen molar-refractivity contribution in [2.45, 2.75) is 70.5 Å². The van der Waals surface area contributed by atoms with Crippen molar-refractivity contribution in [3.05, 3.63) is 30.3 Å². The molecule has 1 aromatic carbocycles. The van der Waals surface area contributed by atoms with Gasteiger partial charge < -0.3 is 11.1 Å². The molecule has 2 amide bonds. The first-order chi connectivity index (χ1) is 11.6. The maximum absolute atomic E-state index is 12.7. The third-order valence-corrected chi connectivity index (χ3v) is 4.35. The highest BCUT2D eigenvalue weighted by molar-refractivity contribution is 5.94. The van der Waals surface area contributed by atoms with Crippen LogP contribution in [-0.2, 0) is 9.59 Å². The van der Waals surface area contributed by atoms with E-state index in [2.05, 4.69) is 38.4 Å². The lowest BCUT2D eigenvalue weighted by atomic mass is 9.80. The third kappa shape index (κ3) is 5.83. The predicted octanol–water partition coefficient (Wildman–Crippen LogP) is 2.10. The fourth-order valence-corrected chi connectivity index (χ4v) is 3.81. The first-order valence-corrected chi connectivity index (χ1v) is 8.80. The molecule has 6 nitrogen and oxygen atoms in total. The highest BCUT2D eigenvalue weighted by atomic mass is 16.2. The molecule has 1 saturated heterocycles. The Balaban J connectivity index is 2.18. The van der Waals surface area contributed by atoms with Crippen LogP contribution in [0.1, 0.15) is 53.4 Å². The van der Waals surface area contributed by atoms with Gasteiger partial charge >= 0.3 is 0 Å². The summed E-state index contributed by atoms with van der Waals surface area (Å²) in [5, 5.41) is 5.21. The van der Waals surface area contributed by atoms with Gasteiger partial charge in [0.05, 0.1) is 5.69 Å². The molecule has 0 aromatic heterocycles. The molecule has 2 rings (SSSR count). The Morgan fingerprint density at radius 1 is 1.12 bits per heavy atom. The van der Waals surface area contributed by atoms with E-state index in [9.17, 15) is 9.59 Å². The van der Waals surface area contributed by atoms with Crippen molar-refractivity contribution in [2.75, 3.05) is 5.01 Å². The van der Waals surface area contributed by atoms with Crippen LogP contribution in [0.3, 0.4) is 0 Å². The molecule has 1 aliphatic rings. The largest absolute Gasteiger partial charge is 0.370 e. The number of benzene rings is 1. The molecule has 1 aromatic rings. The summed E-state index contributed by atoms with van der Waals surface area (Å²) >= 11 is 0. The number of rotatable bonds is 6. The maximum Gasteiger partial charge on any atom is 0.241 e. The van der Waals surface area contributed by atoms with Crippen molar-refractivity contribution in [1.82, 2.24) is 10.7 Å². The van der Waals surface area contributed by atoms with Gasteiger partial charge in [-0.15, -0.1) is 0 Å². The van der Waals surface area contributed by atoms with Gasteiger partial charge in [-0.05, 0) is 52.7 Å². The number of hydrogen-bond donors (Lipinski definition) is 3. The SMILES string of the molecule is CC1(C)CC(NN(C(=O)CCC(N)=O)c2ccccc2)CC(C)(C)N1. The summed E-state index contributed by atoms with van der Waals surface area (Å²) in [7, 11) is 0. The lowest BCUT2D eigenvalue weighted by Gasteiger charge is -2.47. The van der Waals surface area contributed by atoms with E-state index in [0.29, 0.717) is 0 Å². The molecule has 0 aliphatic carbocycles. The summed E-state index contributed by atoms with van der Waals surface area (Å²) < 4.78 is 0. The Kier molecular flexibility index (Phi) is 5.85. The molecule has 1 aliphatic heterocycles. The predicted molar refractivity (Wildman–Crippen MR) is 99.8 cm³/mol. The minimum Gasteiger partial charge on any atom is -0.370 e. The molecule has 0 saturated carbocycles. The van der Waals surface area contributed by atoms with Gasteiger partial charge in [0.25, 0.3) is 0 Å². The fraction of sp³-hybridized carbons (Fsp3) is 0.579. The molecule has 1 heterocycles. The molecule has 0 bridgehead atoms. The molecule has 1 fully saturated rings. The Labute approximate surface area is 150 Å². The average molecular weight is 346 g/mol. The van der Waals surface area contributed by atoms with Crippen LogP contribution in [0.5, 0.6) is 0 Å². The van der Waals surface area contributed by atoms with E-state index in [4.69, 9.17) is 5.73 Å². The number of primary amides is 1. The fourth-order valence-electron chi connectivity index (χ4n) is 3.81. The van der Waals surface area contributed by atoms with Crippen LogP contribution in [-0.4, -0.2) is 28.9 Å². The molecule has 0 atom stereocenters. The summed E-state index contributed by atoms with van der Waals surface area (Å²) in [5.41, 5.74) is 9.31. The second-order valence-electron chi connectivity index (χ2n) is 8.16. The topological polar surface area (TPSA) is 87.5 Å². The number of hydrogen-bond acceptors (Lipinski definition) is 4. The smallest absolute Gasteiger partial charge is 0.241 e. The summed E-state index contributed by atoms with van der Waals surface area (Å²) in [6.07, 6.45) is 1.92. The number of nitrogens with one attached hydrogen (secondary N) is 2. The van der Waals surface area contributed by atoms with Crippen LogP contribution < -0.4 is 21.5 Å².